The number of halogens is 3. The first-order valence-corrected chi connectivity index (χ1v) is 6.69. The van der Waals surface area contributed by atoms with E-state index >= 15 is 0 Å². The zero-order chi connectivity index (χ0) is 14.6. The fraction of sp³-hybridized carbons (Fsp3) is 0.571. The third kappa shape index (κ3) is 5.02. The molecule has 0 radical (unpaired) electrons. The minimum atomic E-state index is -4.64. The van der Waals surface area contributed by atoms with E-state index in [0.717, 1.165) is 25.1 Å². The van der Waals surface area contributed by atoms with Gasteiger partial charge < -0.3 is 15.0 Å². The second-order valence-corrected chi connectivity index (χ2v) is 5.19. The van der Waals surface area contributed by atoms with Crippen LogP contribution in [0.15, 0.2) is 24.3 Å². The van der Waals surface area contributed by atoms with Gasteiger partial charge in [0.25, 0.3) is 0 Å². The third-order valence-corrected chi connectivity index (χ3v) is 3.28. The van der Waals surface area contributed by atoms with Crippen molar-refractivity contribution in [3.63, 3.8) is 0 Å². The maximum atomic E-state index is 12.2. The van der Waals surface area contributed by atoms with Gasteiger partial charge in [-0.2, -0.15) is 0 Å². The van der Waals surface area contributed by atoms with Gasteiger partial charge in [-0.3, -0.25) is 0 Å². The van der Waals surface area contributed by atoms with E-state index in [9.17, 15) is 13.2 Å². The fourth-order valence-corrected chi connectivity index (χ4v) is 2.51. The van der Waals surface area contributed by atoms with Crippen molar-refractivity contribution < 1.29 is 17.9 Å². The molecule has 1 N–H and O–H groups in total. The standard InChI is InChI=1S/C14H19F3N2O/c1-19(10-12-5-3-7-18-12)9-11-4-2-6-13(8-11)20-14(15,16)17/h2,4,6,8,12,18H,3,5,7,9-10H2,1H3. The zero-order valence-electron chi connectivity index (χ0n) is 11.4. The Bertz CT molecular complexity index is 431. The molecule has 1 aromatic rings. The number of rotatable bonds is 5. The molecule has 0 bridgehead atoms. The number of ether oxygens (including phenoxy) is 1. The van der Waals surface area contributed by atoms with Crippen LogP contribution < -0.4 is 10.1 Å². The first-order chi connectivity index (χ1) is 9.42. The zero-order valence-corrected chi connectivity index (χ0v) is 11.4. The van der Waals surface area contributed by atoms with Crippen LogP contribution >= 0.6 is 0 Å². The van der Waals surface area contributed by atoms with Crippen molar-refractivity contribution in [1.29, 1.82) is 0 Å². The van der Waals surface area contributed by atoms with E-state index in [-0.39, 0.29) is 5.75 Å². The summed E-state index contributed by atoms with van der Waals surface area (Å²) in [5.41, 5.74) is 0.812. The lowest BCUT2D eigenvalue weighted by molar-refractivity contribution is -0.274. The Morgan fingerprint density at radius 3 is 2.85 bits per heavy atom. The van der Waals surface area contributed by atoms with Crippen molar-refractivity contribution in [2.45, 2.75) is 31.8 Å². The van der Waals surface area contributed by atoms with Crippen molar-refractivity contribution >= 4 is 0 Å². The molecule has 1 atom stereocenters. The van der Waals surface area contributed by atoms with Gasteiger partial charge in [-0.05, 0) is 44.1 Å². The largest absolute Gasteiger partial charge is 0.573 e. The minimum Gasteiger partial charge on any atom is -0.406 e. The molecule has 6 heteroatoms. The summed E-state index contributed by atoms with van der Waals surface area (Å²) in [6, 6.07) is 6.62. The van der Waals surface area contributed by atoms with Gasteiger partial charge >= 0.3 is 6.36 Å². The molecule has 1 heterocycles. The summed E-state index contributed by atoms with van der Waals surface area (Å²) in [5.74, 6) is -0.164. The quantitative estimate of drug-likeness (QED) is 0.901. The van der Waals surface area contributed by atoms with Crippen LogP contribution in [0.4, 0.5) is 13.2 Å². The molecular weight excluding hydrogens is 269 g/mol. The molecule has 1 unspecified atom stereocenters. The first kappa shape index (κ1) is 15.1. The summed E-state index contributed by atoms with van der Waals surface area (Å²) in [5, 5.41) is 3.40. The number of hydrogen-bond donors (Lipinski definition) is 1. The van der Waals surface area contributed by atoms with Gasteiger partial charge in [0.05, 0.1) is 0 Å². The van der Waals surface area contributed by atoms with Crippen molar-refractivity contribution in [1.82, 2.24) is 10.2 Å². The molecule has 1 fully saturated rings. The average molecular weight is 288 g/mol. The summed E-state index contributed by atoms with van der Waals surface area (Å²) in [6.45, 7) is 2.55. The molecule has 0 aromatic heterocycles. The average Bonchev–Trinajstić information content (AvgIpc) is 2.79. The van der Waals surface area contributed by atoms with E-state index in [0.29, 0.717) is 12.6 Å². The number of nitrogens with zero attached hydrogens (tertiary/aromatic N) is 1. The van der Waals surface area contributed by atoms with Crippen LogP contribution in [0.25, 0.3) is 0 Å². The Labute approximate surface area is 116 Å². The van der Waals surface area contributed by atoms with Crippen LogP contribution in [0.1, 0.15) is 18.4 Å². The fourth-order valence-electron chi connectivity index (χ4n) is 2.51. The molecule has 1 saturated heterocycles. The highest BCUT2D eigenvalue weighted by atomic mass is 19.4. The van der Waals surface area contributed by atoms with Crippen LogP contribution in [0.2, 0.25) is 0 Å². The third-order valence-electron chi connectivity index (χ3n) is 3.28. The number of likely N-dealkylation sites (N-methyl/N-ethyl adjacent to an activating group) is 1. The van der Waals surface area contributed by atoms with Crippen LogP contribution in [-0.2, 0) is 6.54 Å². The highest BCUT2D eigenvalue weighted by molar-refractivity contribution is 5.28. The summed E-state index contributed by atoms with van der Waals surface area (Å²) in [7, 11) is 1.97. The van der Waals surface area contributed by atoms with Gasteiger partial charge in [-0.15, -0.1) is 13.2 Å². The van der Waals surface area contributed by atoms with Gasteiger partial charge in [0.15, 0.2) is 0 Å². The van der Waals surface area contributed by atoms with E-state index in [1.54, 1.807) is 6.07 Å². The second kappa shape index (κ2) is 6.45. The lowest BCUT2D eigenvalue weighted by Gasteiger charge is -2.21. The predicted octanol–water partition coefficient (Wildman–Crippen LogP) is 2.77. The second-order valence-electron chi connectivity index (χ2n) is 5.19. The van der Waals surface area contributed by atoms with E-state index in [2.05, 4.69) is 15.0 Å². The van der Waals surface area contributed by atoms with Gasteiger partial charge in [0.1, 0.15) is 5.75 Å². The molecular formula is C14H19F3N2O. The van der Waals surface area contributed by atoms with Crippen molar-refractivity contribution in [2.24, 2.45) is 0 Å². The highest BCUT2D eigenvalue weighted by Gasteiger charge is 2.31. The normalized spacial score (nSPS) is 19.6. The minimum absolute atomic E-state index is 0.164. The molecule has 1 aliphatic heterocycles. The Morgan fingerprint density at radius 1 is 1.40 bits per heavy atom. The molecule has 0 amide bonds. The van der Waals surface area contributed by atoms with Crippen LogP contribution in [-0.4, -0.2) is 37.4 Å². The van der Waals surface area contributed by atoms with Crippen molar-refractivity contribution in [3.05, 3.63) is 29.8 Å². The van der Waals surface area contributed by atoms with E-state index < -0.39 is 6.36 Å². The summed E-state index contributed by atoms with van der Waals surface area (Å²) >= 11 is 0. The van der Waals surface area contributed by atoms with Gasteiger partial charge in [0.2, 0.25) is 0 Å². The maximum Gasteiger partial charge on any atom is 0.573 e. The summed E-state index contributed by atoms with van der Waals surface area (Å²) in [6.07, 6.45) is -2.30. The van der Waals surface area contributed by atoms with Gasteiger partial charge in [-0.1, -0.05) is 12.1 Å². The summed E-state index contributed by atoms with van der Waals surface area (Å²) < 4.78 is 40.4. The summed E-state index contributed by atoms with van der Waals surface area (Å²) in [4.78, 5) is 2.11. The molecule has 2 rings (SSSR count). The van der Waals surface area contributed by atoms with Crippen LogP contribution in [0, 0.1) is 0 Å². The number of nitrogens with one attached hydrogen (secondary N) is 1. The monoisotopic (exact) mass is 288 g/mol. The molecule has 112 valence electrons. The Morgan fingerprint density at radius 2 is 2.20 bits per heavy atom. The van der Waals surface area contributed by atoms with Crippen molar-refractivity contribution in [2.75, 3.05) is 20.1 Å². The highest BCUT2D eigenvalue weighted by Crippen LogP contribution is 2.23. The maximum absolute atomic E-state index is 12.2. The van der Waals surface area contributed by atoms with Gasteiger partial charge in [0, 0.05) is 19.1 Å². The predicted molar refractivity (Wildman–Crippen MR) is 70.5 cm³/mol. The smallest absolute Gasteiger partial charge is 0.406 e. The SMILES string of the molecule is CN(Cc1cccc(OC(F)(F)F)c1)CC1CCCN1. The first-order valence-electron chi connectivity index (χ1n) is 6.69. The molecule has 1 aromatic carbocycles. The molecule has 0 spiro atoms. The Balaban J connectivity index is 1.89. The Hall–Kier alpha value is -1.27. The van der Waals surface area contributed by atoms with E-state index in [4.69, 9.17) is 0 Å². The lowest BCUT2D eigenvalue weighted by Crippen LogP contribution is -2.34. The van der Waals surface area contributed by atoms with Crippen LogP contribution in [0.5, 0.6) is 5.75 Å². The molecule has 0 aliphatic carbocycles. The van der Waals surface area contributed by atoms with E-state index in [1.165, 1.54) is 18.6 Å². The van der Waals surface area contributed by atoms with Crippen LogP contribution in [0.3, 0.4) is 0 Å². The molecule has 3 nitrogen and oxygen atoms in total. The Kier molecular flexibility index (Phi) is 4.88. The molecule has 20 heavy (non-hydrogen) atoms. The lowest BCUT2D eigenvalue weighted by atomic mass is 10.2. The van der Waals surface area contributed by atoms with Crippen molar-refractivity contribution in [3.8, 4) is 5.75 Å². The number of alkyl halides is 3. The molecule has 1 aliphatic rings. The van der Waals surface area contributed by atoms with E-state index in [1.807, 2.05) is 13.1 Å². The number of benzene rings is 1. The topological polar surface area (TPSA) is 24.5 Å². The number of hydrogen-bond acceptors (Lipinski definition) is 3. The molecule has 0 saturated carbocycles. The van der Waals surface area contributed by atoms with Gasteiger partial charge in [-0.25, -0.2) is 0 Å².